The SMILES string of the molecule is CC[N+](CC)(CCOc1ccc(C(C)(C)CC(C)(C)C)cc1Cc1ccc(Cl)cc1Cl)Cc1ccccc1. The molecule has 0 unspecified atom stereocenters. The van der Waals surface area contributed by atoms with Gasteiger partial charge in [-0.3, -0.25) is 0 Å². The van der Waals surface area contributed by atoms with Crippen LogP contribution in [-0.4, -0.2) is 30.7 Å². The molecule has 0 aromatic heterocycles. The summed E-state index contributed by atoms with van der Waals surface area (Å²) >= 11 is 12.8. The van der Waals surface area contributed by atoms with Crippen LogP contribution in [0.25, 0.3) is 0 Å². The van der Waals surface area contributed by atoms with Gasteiger partial charge in [0.05, 0.1) is 13.1 Å². The molecule has 0 saturated heterocycles. The summed E-state index contributed by atoms with van der Waals surface area (Å²) in [5, 5.41) is 1.35. The third kappa shape index (κ3) is 8.50. The molecule has 206 valence electrons. The van der Waals surface area contributed by atoms with Crippen molar-refractivity contribution in [2.45, 2.75) is 73.3 Å². The van der Waals surface area contributed by atoms with Gasteiger partial charge in [-0.05, 0) is 66.0 Å². The Kier molecular flexibility index (Phi) is 10.4. The van der Waals surface area contributed by atoms with Crippen LogP contribution >= 0.6 is 23.2 Å². The number of likely N-dealkylation sites (N-methyl/N-ethyl adjacent to an activating group) is 1. The molecular weight excluding hydrogens is 509 g/mol. The van der Waals surface area contributed by atoms with Crippen molar-refractivity contribution in [3.8, 4) is 5.75 Å². The summed E-state index contributed by atoms with van der Waals surface area (Å²) in [5.41, 5.74) is 5.21. The number of quaternary nitrogens is 1. The fraction of sp³-hybridized carbons (Fsp3) is 0.471. The lowest BCUT2D eigenvalue weighted by Gasteiger charge is -2.37. The van der Waals surface area contributed by atoms with Crippen molar-refractivity contribution in [2.24, 2.45) is 5.41 Å². The fourth-order valence-corrected chi connectivity index (χ4v) is 6.22. The predicted octanol–water partition coefficient (Wildman–Crippen LogP) is 9.73. The van der Waals surface area contributed by atoms with Gasteiger partial charge in [-0.15, -0.1) is 0 Å². The number of ether oxygens (including phenoxy) is 1. The number of rotatable bonds is 12. The molecule has 0 saturated carbocycles. The summed E-state index contributed by atoms with van der Waals surface area (Å²) in [6.07, 6.45) is 1.80. The molecule has 3 rings (SSSR count). The molecule has 0 radical (unpaired) electrons. The van der Waals surface area contributed by atoms with E-state index in [1.165, 1.54) is 16.7 Å². The van der Waals surface area contributed by atoms with E-state index < -0.39 is 0 Å². The molecule has 0 atom stereocenters. The zero-order valence-corrected chi connectivity index (χ0v) is 25.9. The number of hydrogen-bond acceptors (Lipinski definition) is 1. The lowest BCUT2D eigenvalue weighted by Crippen LogP contribution is -2.49. The third-order valence-corrected chi connectivity index (χ3v) is 8.32. The monoisotopic (exact) mass is 554 g/mol. The number of halogens is 2. The van der Waals surface area contributed by atoms with Gasteiger partial charge in [-0.2, -0.15) is 0 Å². The van der Waals surface area contributed by atoms with Crippen LogP contribution in [0.1, 0.15) is 77.1 Å². The molecule has 3 aromatic carbocycles. The van der Waals surface area contributed by atoms with Crippen LogP contribution in [0.2, 0.25) is 10.0 Å². The number of benzene rings is 3. The normalized spacial score (nSPS) is 12.6. The van der Waals surface area contributed by atoms with Crippen LogP contribution < -0.4 is 4.74 Å². The molecule has 0 amide bonds. The van der Waals surface area contributed by atoms with Gasteiger partial charge in [-0.1, -0.05) is 106 Å². The van der Waals surface area contributed by atoms with Gasteiger partial charge in [0.25, 0.3) is 0 Å². The molecule has 0 spiro atoms. The van der Waals surface area contributed by atoms with Crippen molar-refractivity contribution in [3.05, 3.63) is 99.0 Å². The van der Waals surface area contributed by atoms with Gasteiger partial charge in [0.2, 0.25) is 0 Å². The Morgan fingerprint density at radius 2 is 1.47 bits per heavy atom. The highest BCUT2D eigenvalue weighted by Gasteiger charge is 2.28. The standard InChI is InChI=1S/C34H46Cl2NO/c1-8-37(9-2,24-26-13-11-10-12-14-26)19-20-38-32-18-16-29(34(6,7)25-33(3,4)5)22-28(32)21-27-15-17-30(35)23-31(27)36/h10-18,22-23H,8-9,19-21,24-25H2,1-7H3/q+1. The van der Waals surface area contributed by atoms with E-state index in [0.717, 1.165) is 48.4 Å². The number of hydrogen-bond donors (Lipinski definition) is 0. The maximum atomic E-state index is 6.60. The number of nitrogens with zero attached hydrogens (tertiary/aromatic N) is 1. The Morgan fingerprint density at radius 3 is 2.08 bits per heavy atom. The van der Waals surface area contributed by atoms with Gasteiger partial charge in [0.1, 0.15) is 25.4 Å². The van der Waals surface area contributed by atoms with Crippen molar-refractivity contribution >= 4 is 23.2 Å². The molecule has 0 aliphatic rings. The van der Waals surface area contributed by atoms with Crippen LogP contribution in [-0.2, 0) is 18.4 Å². The summed E-state index contributed by atoms with van der Waals surface area (Å²) in [5.74, 6) is 0.941. The summed E-state index contributed by atoms with van der Waals surface area (Å²) in [6.45, 7) is 21.0. The fourth-order valence-electron chi connectivity index (χ4n) is 5.74. The predicted molar refractivity (Wildman–Crippen MR) is 165 cm³/mol. The minimum atomic E-state index is 0.0431. The molecular formula is C34H46Cl2NO+. The zero-order chi connectivity index (χ0) is 28.0. The zero-order valence-electron chi connectivity index (χ0n) is 24.4. The quantitative estimate of drug-likeness (QED) is 0.202. The van der Waals surface area contributed by atoms with Crippen LogP contribution in [0, 0.1) is 5.41 Å². The van der Waals surface area contributed by atoms with Crippen LogP contribution in [0.4, 0.5) is 0 Å². The first-order chi connectivity index (χ1) is 17.9. The Hall–Kier alpha value is -2.00. The van der Waals surface area contributed by atoms with E-state index in [0.29, 0.717) is 23.1 Å². The van der Waals surface area contributed by atoms with E-state index in [-0.39, 0.29) is 10.8 Å². The lowest BCUT2D eigenvalue weighted by atomic mass is 9.72. The largest absolute Gasteiger partial charge is 0.487 e. The smallest absolute Gasteiger partial charge is 0.137 e. The van der Waals surface area contributed by atoms with Crippen molar-refractivity contribution in [1.29, 1.82) is 0 Å². The van der Waals surface area contributed by atoms with Crippen molar-refractivity contribution in [2.75, 3.05) is 26.2 Å². The van der Waals surface area contributed by atoms with Gasteiger partial charge in [-0.25, -0.2) is 0 Å². The topological polar surface area (TPSA) is 9.23 Å². The molecule has 4 heteroatoms. The molecule has 2 nitrogen and oxygen atoms in total. The average Bonchev–Trinajstić information content (AvgIpc) is 2.85. The Bertz CT molecular complexity index is 1180. The first-order valence-electron chi connectivity index (χ1n) is 14.0. The first-order valence-corrected chi connectivity index (χ1v) is 14.7. The second-order valence-electron chi connectivity index (χ2n) is 12.5. The van der Waals surface area contributed by atoms with E-state index in [1.807, 2.05) is 18.2 Å². The third-order valence-electron chi connectivity index (χ3n) is 7.74. The van der Waals surface area contributed by atoms with E-state index >= 15 is 0 Å². The maximum absolute atomic E-state index is 6.60. The summed E-state index contributed by atoms with van der Waals surface area (Å²) in [6, 6.07) is 23.3. The second kappa shape index (κ2) is 12.9. The minimum Gasteiger partial charge on any atom is -0.487 e. The van der Waals surface area contributed by atoms with E-state index in [2.05, 4.69) is 97.0 Å². The summed E-state index contributed by atoms with van der Waals surface area (Å²) in [4.78, 5) is 0. The summed E-state index contributed by atoms with van der Waals surface area (Å²) in [7, 11) is 0. The molecule has 38 heavy (non-hydrogen) atoms. The van der Waals surface area contributed by atoms with Gasteiger partial charge in [0.15, 0.2) is 0 Å². The van der Waals surface area contributed by atoms with Gasteiger partial charge in [0, 0.05) is 22.0 Å². The highest BCUT2D eigenvalue weighted by molar-refractivity contribution is 6.35. The Labute approximate surface area is 241 Å². The van der Waals surface area contributed by atoms with Crippen molar-refractivity contribution in [3.63, 3.8) is 0 Å². The van der Waals surface area contributed by atoms with E-state index in [9.17, 15) is 0 Å². The average molecular weight is 556 g/mol. The van der Waals surface area contributed by atoms with Crippen molar-refractivity contribution < 1.29 is 9.22 Å². The molecule has 0 aliphatic heterocycles. The summed E-state index contributed by atoms with van der Waals surface area (Å²) < 4.78 is 7.55. The second-order valence-corrected chi connectivity index (χ2v) is 13.4. The van der Waals surface area contributed by atoms with Gasteiger partial charge >= 0.3 is 0 Å². The highest BCUT2D eigenvalue weighted by atomic mass is 35.5. The Morgan fingerprint density at radius 1 is 0.789 bits per heavy atom. The first kappa shape index (κ1) is 30.5. The van der Waals surface area contributed by atoms with Crippen molar-refractivity contribution in [1.82, 2.24) is 0 Å². The molecule has 3 aromatic rings. The minimum absolute atomic E-state index is 0.0431. The molecule has 0 bridgehead atoms. The maximum Gasteiger partial charge on any atom is 0.137 e. The lowest BCUT2D eigenvalue weighted by molar-refractivity contribution is -0.937. The molecule has 0 fully saturated rings. The molecule has 0 heterocycles. The van der Waals surface area contributed by atoms with Gasteiger partial charge < -0.3 is 9.22 Å². The van der Waals surface area contributed by atoms with Crippen LogP contribution in [0.3, 0.4) is 0 Å². The highest BCUT2D eigenvalue weighted by Crippen LogP contribution is 2.38. The Balaban J connectivity index is 1.87. The van der Waals surface area contributed by atoms with E-state index in [4.69, 9.17) is 27.9 Å². The van der Waals surface area contributed by atoms with E-state index in [1.54, 1.807) is 0 Å². The van der Waals surface area contributed by atoms with Crippen LogP contribution in [0.15, 0.2) is 66.7 Å². The molecule has 0 N–H and O–H groups in total. The molecule has 0 aliphatic carbocycles. The van der Waals surface area contributed by atoms with Crippen LogP contribution in [0.5, 0.6) is 5.75 Å².